The van der Waals surface area contributed by atoms with Gasteiger partial charge in [0.25, 0.3) is 0 Å². The van der Waals surface area contributed by atoms with E-state index < -0.39 is 0 Å². The maximum atomic E-state index is 11.3. The fourth-order valence-corrected chi connectivity index (χ4v) is 1.64. The summed E-state index contributed by atoms with van der Waals surface area (Å²) in [5.74, 6) is 0.902. The van der Waals surface area contributed by atoms with E-state index in [1.165, 1.54) is 0 Å². The summed E-state index contributed by atoms with van der Waals surface area (Å²) in [6.07, 6.45) is 0.918. The van der Waals surface area contributed by atoms with Crippen LogP contribution in [-0.2, 0) is 17.8 Å². The van der Waals surface area contributed by atoms with Gasteiger partial charge in [-0.05, 0) is 30.7 Å². The summed E-state index contributed by atoms with van der Waals surface area (Å²) < 4.78 is 5.26. The maximum Gasteiger partial charge on any atom is 0.234 e. The number of hydrogen-bond acceptors (Lipinski definition) is 3. The Morgan fingerprint density at radius 3 is 2.76 bits per heavy atom. The molecule has 1 aromatic rings. The molecule has 0 radical (unpaired) electrons. The van der Waals surface area contributed by atoms with Gasteiger partial charge in [-0.15, -0.1) is 0 Å². The lowest BCUT2D eigenvalue weighted by atomic mass is 10.1. The molecule has 0 aliphatic rings. The van der Waals surface area contributed by atoms with Crippen LogP contribution in [0.3, 0.4) is 0 Å². The Morgan fingerprint density at radius 2 is 2.18 bits per heavy atom. The van der Waals surface area contributed by atoms with E-state index in [0.29, 0.717) is 13.1 Å². The first-order valence-corrected chi connectivity index (χ1v) is 5.78. The van der Waals surface area contributed by atoms with Crippen molar-refractivity contribution in [3.05, 3.63) is 29.3 Å². The van der Waals surface area contributed by atoms with E-state index in [2.05, 4.69) is 23.6 Å². The molecule has 0 bridgehead atoms. The molecule has 0 aromatic heterocycles. The summed E-state index contributed by atoms with van der Waals surface area (Å²) in [5.41, 5.74) is 2.25. The zero-order valence-electron chi connectivity index (χ0n) is 10.7. The smallest absolute Gasteiger partial charge is 0.234 e. The number of ether oxygens (including phenoxy) is 1. The fraction of sp³-hybridized carbons (Fsp3) is 0.462. The molecule has 4 nitrogen and oxygen atoms in total. The van der Waals surface area contributed by atoms with Crippen molar-refractivity contribution in [1.82, 2.24) is 10.6 Å². The van der Waals surface area contributed by atoms with Crippen molar-refractivity contribution in [1.29, 1.82) is 0 Å². The van der Waals surface area contributed by atoms with Gasteiger partial charge in [-0.25, -0.2) is 0 Å². The van der Waals surface area contributed by atoms with E-state index in [-0.39, 0.29) is 5.91 Å². The molecule has 0 fully saturated rings. The minimum Gasteiger partial charge on any atom is -0.496 e. The molecule has 1 aromatic carbocycles. The third-order valence-electron chi connectivity index (χ3n) is 2.55. The lowest BCUT2D eigenvalue weighted by Gasteiger charge is -2.10. The average Bonchev–Trinajstić information content (AvgIpc) is 2.36. The number of likely N-dealkylation sites (N-methyl/N-ethyl adjacent to an activating group) is 1. The molecule has 1 amide bonds. The van der Waals surface area contributed by atoms with E-state index in [4.69, 9.17) is 4.74 Å². The van der Waals surface area contributed by atoms with E-state index in [1.807, 2.05) is 12.1 Å². The van der Waals surface area contributed by atoms with Gasteiger partial charge in [-0.3, -0.25) is 4.79 Å². The van der Waals surface area contributed by atoms with Crippen LogP contribution in [0.25, 0.3) is 0 Å². The number of benzene rings is 1. The van der Waals surface area contributed by atoms with Gasteiger partial charge < -0.3 is 15.4 Å². The molecule has 1 rings (SSSR count). The van der Waals surface area contributed by atoms with E-state index in [9.17, 15) is 4.79 Å². The van der Waals surface area contributed by atoms with Gasteiger partial charge in [0.15, 0.2) is 0 Å². The van der Waals surface area contributed by atoms with Gasteiger partial charge in [0.05, 0.1) is 13.7 Å². The Kier molecular flexibility index (Phi) is 5.49. The van der Waals surface area contributed by atoms with Crippen molar-refractivity contribution < 1.29 is 9.53 Å². The molecule has 94 valence electrons. The Balaban J connectivity index is 2.63. The lowest BCUT2D eigenvalue weighted by Crippen LogP contribution is -2.31. The van der Waals surface area contributed by atoms with Crippen LogP contribution < -0.4 is 15.4 Å². The second kappa shape index (κ2) is 6.91. The zero-order valence-corrected chi connectivity index (χ0v) is 10.7. The molecular weight excluding hydrogens is 216 g/mol. The van der Waals surface area contributed by atoms with Crippen molar-refractivity contribution in [3.63, 3.8) is 0 Å². The maximum absolute atomic E-state index is 11.3. The monoisotopic (exact) mass is 236 g/mol. The van der Waals surface area contributed by atoms with E-state index >= 15 is 0 Å². The first kappa shape index (κ1) is 13.5. The highest BCUT2D eigenvalue weighted by Crippen LogP contribution is 2.20. The van der Waals surface area contributed by atoms with Crippen LogP contribution in [0, 0.1) is 0 Å². The van der Waals surface area contributed by atoms with Gasteiger partial charge in [-0.2, -0.15) is 0 Å². The van der Waals surface area contributed by atoms with Crippen LogP contribution >= 0.6 is 0 Å². The lowest BCUT2D eigenvalue weighted by molar-refractivity contribution is -0.120. The third-order valence-corrected chi connectivity index (χ3v) is 2.55. The van der Waals surface area contributed by atoms with Crippen molar-refractivity contribution in [2.45, 2.75) is 19.9 Å². The normalized spacial score (nSPS) is 10.1. The molecule has 0 spiro atoms. The molecular formula is C13H20N2O2. The standard InChI is InChI=1S/C13H20N2O2/c1-4-11-7-10(5-6-12(11)17-3)8-15-13(16)9-14-2/h5-7,14H,4,8-9H2,1-3H3,(H,15,16). The quantitative estimate of drug-likeness (QED) is 0.777. The highest BCUT2D eigenvalue weighted by Gasteiger charge is 2.04. The molecule has 17 heavy (non-hydrogen) atoms. The molecule has 0 saturated heterocycles. The molecule has 2 N–H and O–H groups in total. The largest absolute Gasteiger partial charge is 0.496 e. The molecule has 0 atom stereocenters. The summed E-state index contributed by atoms with van der Waals surface area (Å²) in [4.78, 5) is 11.3. The van der Waals surface area contributed by atoms with E-state index in [1.54, 1.807) is 14.2 Å². The van der Waals surface area contributed by atoms with Crippen LogP contribution in [-0.4, -0.2) is 26.6 Å². The Morgan fingerprint density at radius 1 is 1.41 bits per heavy atom. The topological polar surface area (TPSA) is 50.4 Å². The number of rotatable bonds is 6. The molecule has 0 heterocycles. The summed E-state index contributed by atoms with van der Waals surface area (Å²) in [6.45, 7) is 2.98. The third kappa shape index (κ3) is 4.07. The molecule has 0 saturated carbocycles. The van der Waals surface area contributed by atoms with Gasteiger partial charge >= 0.3 is 0 Å². The Labute approximate surface area is 102 Å². The van der Waals surface area contributed by atoms with Crippen LogP contribution in [0.5, 0.6) is 5.75 Å². The molecule has 0 aliphatic heterocycles. The molecule has 4 heteroatoms. The van der Waals surface area contributed by atoms with Gasteiger partial charge in [0, 0.05) is 6.54 Å². The Bertz CT molecular complexity index is 378. The summed E-state index contributed by atoms with van der Waals surface area (Å²) in [7, 11) is 3.42. The highest BCUT2D eigenvalue weighted by atomic mass is 16.5. The molecule has 0 aliphatic carbocycles. The number of methoxy groups -OCH3 is 1. The predicted octanol–water partition coefficient (Wildman–Crippen LogP) is 1.09. The summed E-state index contributed by atoms with van der Waals surface area (Å²) in [6, 6.07) is 5.98. The van der Waals surface area contributed by atoms with Gasteiger partial charge in [0.2, 0.25) is 5.91 Å². The second-order valence-corrected chi connectivity index (χ2v) is 3.81. The van der Waals surface area contributed by atoms with Crippen LogP contribution in [0.2, 0.25) is 0 Å². The van der Waals surface area contributed by atoms with Crippen LogP contribution in [0.1, 0.15) is 18.1 Å². The minimum absolute atomic E-state index is 0.00127. The summed E-state index contributed by atoms with van der Waals surface area (Å²) in [5, 5.41) is 5.66. The van der Waals surface area contributed by atoms with Gasteiger partial charge in [0.1, 0.15) is 5.75 Å². The number of amides is 1. The van der Waals surface area contributed by atoms with Crippen molar-refractivity contribution in [3.8, 4) is 5.75 Å². The average molecular weight is 236 g/mol. The number of nitrogens with one attached hydrogen (secondary N) is 2. The zero-order chi connectivity index (χ0) is 12.7. The number of hydrogen-bond donors (Lipinski definition) is 2. The van der Waals surface area contributed by atoms with Crippen molar-refractivity contribution in [2.75, 3.05) is 20.7 Å². The summed E-state index contributed by atoms with van der Waals surface area (Å²) >= 11 is 0. The van der Waals surface area contributed by atoms with Crippen molar-refractivity contribution >= 4 is 5.91 Å². The number of carbonyl (C=O) groups excluding carboxylic acids is 1. The fourth-order valence-electron chi connectivity index (χ4n) is 1.64. The van der Waals surface area contributed by atoms with E-state index in [0.717, 1.165) is 23.3 Å². The van der Waals surface area contributed by atoms with Crippen LogP contribution in [0.15, 0.2) is 18.2 Å². The first-order chi connectivity index (χ1) is 8.21. The Hall–Kier alpha value is -1.55. The SMILES string of the molecule is CCc1cc(CNC(=O)CNC)ccc1OC. The number of carbonyl (C=O) groups is 1. The first-order valence-electron chi connectivity index (χ1n) is 5.78. The minimum atomic E-state index is 0.00127. The number of aryl methyl sites for hydroxylation is 1. The van der Waals surface area contributed by atoms with Crippen LogP contribution in [0.4, 0.5) is 0 Å². The van der Waals surface area contributed by atoms with Crippen molar-refractivity contribution in [2.24, 2.45) is 0 Å². The predicted molar refractivity (Wildman–Crippen MR) is 68.1 cm³/mol. The molecule has 0 unspecified atom stereocenters. The van der Waals surface area contributed by atoms with Gasteiger partial charge in [-0.1, -0.05) is 19.1 Å². The second-order valence-electron chi connectivity index (χ2n) is 3.81. The highest BCUT2D eigenvalue weighted by molar-refractivity contribution is 5.77.